The molecular weight excluding hydrogens is 377 g/mol. The van der Waals surface area contributed by atoms with Crippen LogP contribution in [0.5, 0.6) is 5.75 Å². The minimum absolute atomic E-state index is 0. The van der Waals surface area contributed by atoms with Crippen LogP contribution in [0.3, 0.4) is 0 Å². The minimum Gasteiger partial charge on any atom is -0.488 e. The first-order chi connectivity index (χ1) is 12.8. The van der Waals surface area contributed by atoms with Crippen LogP contribution in [0.15, 0.2) is 60.7 Å². The van der Waals surface area contributed by atoms with E-state index in [1.807, 2.05) is 24.3 Å². The zero-order valence-corrected chi connectivity index (χ0v) is 16.9. The molecule has 1 fully saturated rings. The van der Waals surface area contributed by atoms with Crippen LogP contribution in [0.1, 0.15) is 36.8 Å². The predicted octanol–water partition coefficient (Wildman–Crippen LogP) is 6.53. The molecule has 0 heterocycles. The zero-order chi connectivity index (χ0) is 17.8. The van der Waals surface area contributed by atoms with Gasteiger partial charge in [0.25, 0.3) is 0 Å². The van der Waals surface area contributed by atoms with E-state index in [-0.39, 0.29) is 12.4 Å². The lowest BCUT2D eigenvalue weighted by molar-refractivity contribution is 0.302. The Morgan fingerprint density at radius 3 is 2.48 bits per heavy atom. The number of hydrogen-bond donors (Lipinski definition) is 1. The third-order valence-electron chi connectivity index (χ3n) is 5.26. The molecule has 1 N–H and O–H groups in total. The van der Waals surface area contributed by atoms with E-state index in [4.69, 9.17) is 16.3 Å². The fraction of sp³-hybridized carbons (Fsp3) is 0.304. The number of ether oxygens (including phenoxy) is 1. The lowest BCUT2D eigenvalue weighted by atomic mass is 10.0. The second-order valence-electron chi connectivity index (χ2n) is 7.01. The molecule has 0 atom stereocenters. The Kier molecular flexibility index (Phi) is 7.01. The molecule has 1 aliphatic carbocycles. The van der Waals surface area contributed by atoms with E-state index in [0.29, 0.717) is 12.6 Å². The van der Waals surface area contributed by atoms with Gasteiger partial charge in [-0.2, -0.15) is 0 Å². The highest BCUT2D eigenvalue weighted by Gasteiger charge is 2.16. The Morgan fingerprint density at radius 1 is 0.926 bits per heavy atom. The van der Waals surface area contributed by atoms with Crippen LogP contribution in [0.25, 0.3) is 10.8 Å². The van der Waals surface area contributed by atoms with Gasteiger partial charge in [0.2, 0.25) is 0 Å². The average Bonchev–Trinajstić information content (AvgIpc) is 3.19. The summed E-state index contributed by atoms with van der Waals surface area (Å²) in [6, 6.07) is 21.2. The van der Waals surface area contributed by atoms with Crippen molar-refractivity contribution in [2.75, 3.05) is 0 Å². The second-order valence-corrected chi connectivity index (χ2v) is 7.41. The molecule has 0 amide bonds. The van der Waals surface area contributed by atoms with Crippen molar-refractivity contribution in [3.05, 3.63) is 76.8 Å². The van der Waals surface area contributed by atoms with Crippen LogP contribution < -0.4 is 10.1 Å². The topological polar surface area (TPSA) is 21.3 Å². The molecule has 1 saturated carbocycles. The molecule has 3 aromatic rings. The van der Waals surface area contributed by atoms with Crippen LogP contribution in [0.4, 0.5) is 0 Å². The number of rotatable bonds is 6. The van der Waals surface area contributed by atoms with Gasteiger partial charge < -0.3 is 10.1 Å². The number of fused-ring (bicyclic) bond motifs is 1. The van der Waals surface area contributed by atoms with Crippen molar-refractivity contribution < 1.29 is 4.74 Å². The molecule has 0 aromatic heterocycles. The van der Waals surface area contributed by atoms with Gasteiger partial charge in [-0.15, -0.1) is 12.4 Å². The highest BCUT2D eigenvalue weighted by Crippen LogP contribution is 2.30. The zero-order valence-electron chi connectivity index (χ0n) is 15.3. The molecule has 0 aliphatic heterocycles. The van der Waals surface area contributed by atoms with Gasteiger partial charge in [0.15, 0.2) is 0 Å². The smallest absolute Gasteiger partial charge is 0.124 e. The number of halogens is 2. The molecule has 142 valence electrons. The Labute approximate surface area is 172 Å². The fourth-order valence-corrected chi connectivity index (χ4v) is 3.97. The molecule has 0 unspecified atom stereocenters. The normalized spacial score (nSPS) is 14.3. The van der Waals surface area contributed by atoms with Crippen LogP contribution in [-0.2, 0) is 13.2 Å². The molecule has 27 heavy (non-hydrogen) atoms. The van der Waals surface area contributed by atoms with E-state index in [1.165, 1.54) is 42.0 Å². The quantitative estimate of drug-likeness (QED) is 0.506. The summed E-state index contributed by atoms with van der Waals surface area (Å²) in [6.07, 6.45) is 5.23. The Balaban J connectivity index is 0.00000210. The lowest BCUT2D eigenvalue weighted by Crippen LogP contribution is -2.25. The third kappa shape index (κ3) is 4.76. The van der Waals surface area contributed by atoms with Gasteiger partial charge >= 0.3 is 0 Å². The molecule has 2 nitrogen and oxygen atoms in total. The van der Waals surface area contributed by atoms with Gasteiger partial charge in [-0.05, 0) is 35.7 Å². The Morgan fingerprint density at radius 2 is 1.67 bits per heavy atom. The Bertz CT molecular complexity index is 890. The van der Waals surface area contributed by atoms with Gasteiger partial charge in [-0.3, -0.25) is 0 Å². The maximum absolute atomic E-state index is 6.28. The van der Waals surface area contributed by atoms with Gasteiger partial charge in [0.05, 0.1) is 0 Å². The summed E-state index contributed by atoms with van der Waals surface area (Å²) in [4.78, 5) is 0. The monoisotopic (exact) mass is 401 g/mol. The lowest BCUT2D eigenvalue weighted by Gasteiger charge is -2.18. The minimum atomic E-state index is 0. The predicted molar refractivity (Wildman–Crippen MR) is 116 cm³/mol. The van der Waals surface area contributed by atoms with Gasteiger partial charge in [-0.25, -0.2) is 0 Å². The van der Waals surface area contributed by atoms with E-state index >= 15 is 0 Å². The largest absolute Gasteiger partial charge is 0.488 e. The van der Waals surface area contributed by atoms with Crippen LogP contribution >= 0.6 is 24.0 Å². The number of hydrogen-bond acceptors (Lipinski definition) is 2. The van der Waals surface area contributed by atoms with Crippen LogP contribution in [0, 0.1) is 0 Å². The highest BCUT2D eigenvalue weighted by atomic mass is 35.5. The Hall–Kier alpha value is -1.74. The molecule has 4 heteroatoms. The first-order valence-electron chi connectivity index (χ1n) is 9.41. The van der Waals surface area contributed by atoms with Crippen LogP contribution in [-0.4, -0.2) is 6.04 Å². The summed E-state index contributed by atoms with van der Waals surface area (Å²) >= 11 is 6.28. The van der Waals surface area contributed by atoms with Gasteiger partial charge in [0.1, 0.15) is 12.4 Å². The van der Waals surface area contributed by atoms with Crippen molar-refractivity contribution >= 4 is 34.8 Å². The molecule has 0 saturated heterocycles. The molecule has 3 aromatic carbocycles. The van der Waals surface area contributed by atoms with Crippen molar-refractivity contribution in [2.45, 2.75) is 44.9 Å². The number of benzene rings is 3. The maximum atomic E-state index is 6.28. The first-order valence-corrected chi connectivity index (χ1v) is 9.79. The fourth-order valence-electron chi connectivity index (χ4n) is 3.78. The summed E-state index contributed by atoms with van der Waals surface area (Å²) in [6.45, 7) is 1.32. The molecular formula is C23H25Cl2NO. The summed E-state index contributed by atoms with van der Waals surface area (Å²) in [7, 11) is 0. The SMILES string of the molecule is Cl.Clc1ccccc1COc1ccc2ccccc2c1CNC1CCCC1. The van der Waals surface area contributed by atoms with Crippen LogP contribution in [0.2, 0.25) is 5.02 Å². The van der Waals surface area contributed by atoms with Crippen molar-refractivity contribution in [2.24, 2.45) is 0 Å². The van der Waals surface area contributed by atoms with E-state index in [2.05, 4.69) is 41.7 Å². The molecule has 0 radical (unpaired) electrons. The summed E-state index contributed by atoms with van der Waals surface area (Å²) in [5, 5.41) is 6.99. The maximum Gasteiger partial charge on any atom is 0.124 e. The summed E-state index contributed by atoms with van der Waals surface area (Å²) < 4.78 is 6.20. The van der Waals surface area contributed by atoms with E-state index in [0.717, 1.165) is 22.9 Å². The molecule has 0 spiro atoms. The van der Waals surface area contributed by atoms with Gasteiger partial charge in [0, 0.05) is 28.7 Å². The molecule has 1 aliphatic rings. The van der Waals surface area contributed by atoms with Crippen molar-refractivity contribution in [1.29, 1.82) is 0 Å². The second kappa shape index (κ2) is 9.45. The standard InChI is InChI=1S/C23H24ClNO.ClH/c24-22-12-6-2-8-18(22)16-26-23-14-13-17-7-1-5-11-20(17)21(23)15-25-19-9-3-4-10-19;/h1-2,5-8,11-14,19,25H,3-4,9-10,15-16H2;1H. The van der Waals surface area contributed by atoms with E-state index < -0.39 is 0 Å². The van der Waals surface area contributed by atoms with Gasteiger partial charge in [-0.1, -0.05) is 73.0 Å². The first kappa shape index (κ1) is 20.0. The third-order valence-corrected chi connectivity index (χ3v) is 5.63. The van der Waals surface area contributed by atoms with E-state index in [9.17, 15) is 0 Å². The average molecular weight is 402 g/mol. The van der Waals surface area contributed by atoms with E-state index in [1.54, 1.807) is 0 Å². The van der Waals surface area contributed by atoms with Crippen molar-refractivity contribution in [3.8, 4) is 5.75 Å². The number of nitrogens with one attached hydrogen (secondary N) is 1. The summed E-state index contributed by atoms with van der Waals surface area (Å²) in [5.41, 5.74) is 2.25. The highest BCUT2D eigenvalue weighted by molar-refractivity contribution is 6.31. The van der Waals surface area contributed by atoms with Crippen molar-refractivity contribution in [3.63, 3.8) is 0 Å². The summed E-state index contributed by atoms with van der Waals surface area (Å²) in [5.74, 6) is 0.939. The molecule has 4 rings (SSSR count). The van der Waals surface area contributed by atoms with Crippen molar-refractivity contribution in [1.82, 2.24) is 5.32 Å². The molecule has 0 bridgehead atoms.